The first-order valence-corrected chi connectivity index (χ1v) is 11.7. The van der Waals surface area contributed by atoms with Gasteiger partial charge < -0.3 is 9.30 Å². The highest BCUT2D eigenvalue weighted by atomic mass is 32.2. The maximum atomic E-state index is 11.8. The zero-order chi connectivity index (χ0) is 19.7. The molecule has 1 unspecified atom stereocenters. The van der Waals surface area contributed by atoms with Crippen LogP contribution in [-0.2, 0) is 21.3 Å². The molecular weight excluding hydrogens is 396 g/mol. The van der Waals surface area contributed by atoms with Crippen LogP contribution in [0.3, 0.4) is 0 Å². The summed E-state index contributed by atoms with van der Waals surface area (Å²) >= 11 is 1.60. The van der Waals surface area contributed by atoms with Gasteiger partial charge in [-0.25, -0.2) is 18.4 Å². The number of hydrogen-bond donors (Lipinski definition) is 0. The second-order valence-corrected chi connectivity index (χ2v) is 9.87. The smallest absolute Gasteiger partial charge is 0.211 e. The number of morpholine rings is 1. The van der Waals surface area contributed by atoms with Crippen molar-refractivity contribution in [3.8, 4) is 21.3 Å². The Morgan fingerprint density at radius 3 is 2.89 bits per heavy atom. The van der Waals surface area contributed by atoms with Crippen molar-refractivity contribution in [1.82, 2.24) is 18.8 Å². The first-order chi connectivity index (χ1) is 13.4. The fraction of sp³-hybridized carbons (Fsp3) is 0.368. The molecule has 148 valence electrons. The Labute approximate surface area is 168 Å². The summed E-state index contributed by atoms with van der Waals surface area (Å²) in [6.45, 7) is 3.78. The summed E-state index contributed by atoms with van der Waals surface area (Å²) < 4.78 is 32.9. The SMILES string of the molecule is Cc1ccccc1-c1ncc(-c2nccn2CC2CN(S(C)(=O)=O)CCO2)s1. The molecule has 28 heavy (non-hydrogen) atoms. The molecule has 0 saturated carbocycles. The second-order valence-electron chi connectivity index (χ2n) is 6.86. The summed E-state index contributed by atoms with van der Waals surface area (Å²) in [6.07, 6.45) is 6.52. The molecule has 7 nitrogen and oxygen atoms in total. The Bertz CT molecular complexity index is 1070. The van der Waals surface area contributed by atoms with Gasteiger partial charge >= 0.3 is 0 Å². The van der Waals surface area contributed by atoms with Gasteiger partial charge in [-0.3, -0.25) is 0 Å². The predicted octanol–water partition coefficient (Wildman–Crippen LogP) is 2.64. The van der Waals surface area contributed by atoms with Gasteiger partial charge in [0, 0.05) is 37.2 Å². The number of nitrogens with zero attached hydrogens (tertiary/aromatic N) is 4. The topological polar surface area (TPSA) is 77.3 Å². The zero-order valence-electron chi connectivity index (χ0n) is 15.8. The minimum atomic E-state index is -3.21. The van der Waals surface area contributed by atoms with E-state index in [1.54, 1.807) is 17.5 Å². The zero-order valence-corrected chi connectivity index (χ0v) is 17.4. The molecule has 9 heteroatoms. The Balaban J connectivity index is 1.55. The van der Waals surface area contributed by atoms with Crippen LogP contribution in [0.4, 0.5) is 0 Å². The molecule has 4 rings (SSSR count). The van der Waals surface area contributed by atoms with E-state index in [1.807, 2.05) is 29.1 Å². The number of hydrogen-bond acceptors (Lipinski definition) is 6. The van der Waals surface area contributed by atoms with Crippen LogP contribution < -0.4 is 0 Å². The van der Waals surface area contributed by atoms with Crippen LogP contribution in [0.15, 0.2) is 42.9 Å². The summed E-state index contributed by atoms with van der Waals surface area (Å²) in [4.78, 5) is 10.0. The van der Waals surface area contributed by atoms with E-state index in [0.29, 0.717) is 26.2 Å². The van der Waals surface area contributed by atoms with Crippen LogP contribution in [-0.4, -0.2) is 59.3 Å². The number of aromatic nitrogens is 3. The lowest BCUT2D eigenvalue weighted by molar-refractivity contribution is -0.00978. The van der Waals surface area contributed by atoms with E-state index in [9.17, 15) is 8.42 Å². The molecule has 2 aromatic heterocycles. The van der Waals surface area contributed by atoms with Crippen molar-refractivity contribution in [2.24, 2.45) is 0 Å². The molecule has 0 N–H and O–H groups in total. The number of sulfonamides is 1. The van der Waals surface area contributed by atoms with E-state index in [0.717, 1.165) is 21.3 Å². The molecule has 1 atom stereocenters. The molecule has 1 fully saturated rings. The van der Waals surface area contributed by atoms with Gasteiger partial charge in [-0.2, -0.15) is 4.31 Å². The fourth-order valence-electron chi connectivity index (χ4n) is 3.32. The van der Waals surface area contributed by atoms with Crippen LogP contribution >= 0.6 is 11.3 Å². The molecule has 0 radical (unpaired) electrons. The molecule has 1 aliphatic heterocycles. The molecule has 0 amide bonds. The lowest BCUT2D eigenvalue weighted by Gasteiger charge is -2.31. The monoisotopic (exact) mass is 418 g/mol. The average molecular weight is 419 g/mol. The fourth-order valence-corrected chi connectivity index (χ4v) is 5.18. The van der Waals surface area contributed by atoms with Crippen LogP contribution in [0.2, 0.25) is 0 Å². The summed E-state index contributed by atoms with van der Waals surface area (Å²) in [5, 5.41) is 0.958. The van der Waals surface area contributed by atoms with Gasteiger partial charge in [0.1, 0.15) is 5.01 Å². The Kier molecular flexibility index (Phi) is 5.33. The number of aryl methyl sites for hydroxylation is 1. The molecule has 1 saturated heterocycles. The van der Waals surface area contributed by atoms with Crippen LogP contribution in [0.1, 0.15) is 5.56 Å². The minimum Gasteiger partial charge on any atom is -0.374 e. The van der Waals surface area contributed by atoms with Crippen LogP contribution in [0.5, 0.6) is 0 Å². The first kappa shape index (κ1) is 19.3. The van der Waals surface area contributed by atoms with E-state index in [2.05, 4.69) is 29.0 Å². The quantitative estimate of drug-likeness (QED) is 0.637. The average Bonchev–Trinajstić information content (AvgIpc) is 3.31. The molecule has 1 aromatic carbocycles. The third kappa shape index (κ3) is 4.02. The number of benzene rings is 1. The standard InChI is InChI=1S/C19H22N4O3S2/c1-14-5-3-4-6-16(14)19-21-11-17(27-19)18-20-7-8-22(18)12-15-13-23(9-10-26-15)28(2,24)25/h3-8,11,15H,9-10,12-13H2,1-2H3. The lowest BCUT2D eigenvalue weighted by Crippen LogP contribution is -2.46. The van der Waals surface area contributed by atoms with E-state index in [4.69, 9.17) is 4.74 Å². The predicted molar refractivity (Wildman–Crippen MR) is 110 cm³/mol. The minimum absolute atomic E-state index is 0.208. The molecule has 0 spiro atoms. The van der Waals surface area contributed by atoms with Crippen molar-refractivity contribution in [1.29, 1.82) is 0 Å². The van der Waals surface area contributed by atoms with E-state index >= 15 is 0 Å². The normalized spacial score (nSPS) is 18.4. The highest BCUT2D eigenvalue weighted by Crippen LogP contribution is 2.33. The summed E-state index contributed by atoms with van der Waals surface area (Å²) in [6, 6.07) is 8.17. The molecule has 0 bridgehead atoms. The van der Waals surface area contributed by atoms with Crippen molar-refractivity contribution in [3.05, 3.63) is 48.4 Å². The Morgan fingerprint density at radius 1 is 1.29 bits per heavy atom. The first-order valence-electron chi connectivity index (χ1n) is 9.02. The third-order valence-corrected chi connectivity index (χ3v) is 7.08. The third-order valence-electron chi connectivity index (χ3n) is 4.79. The Hall–Kier alpha value is -2.07. The van der Waals surface area contributed by atoms with Crippen molar-refractivity contribution in [2.45, 2.75) is 19.6 Å². The highest BCUT2D eigenvalue weighted by Gasteiger charge is 2.27. The maximum Gasteiger partial charge on any atom is 0.211 e. The summed E-state index contributed by atoms with van der Waals surface area (Å²) in [5.74, 6) is 0.817. The van der Waals surface area contributed by atoms with E-state index in [-0.39, 0.29) is 6.10 Å². The van der Waals surface area contributed by atoms with Crippen molar-refractivity contribution in [2.75, 3.05) is 26.0 Å². The van der Waals surface area contributed by atoms with Crippen LogP contribution in [0, 0.1) is 6.92 Å². The summed E-state index contributed by atoms with van der Waals surface area (Å²) in [5.41, 5.74) is 2.31. The second kappa shape index (κ2) is 7.75. The largest absolute Gasteiger partial charge is 0.374 e. The van der Waals surface area contributed by atoms with Gasteiger partial charge in [-0.1, -0.05) is 24.3 Å². The van der Waals surface area contributed by atoms with E-state index < -0.39 is 10.0 Å². The summed E-state index contributed by atoms with van der Waals surface area (Å²) in [7, 11) is -3.21. The molecular formula is C19H22N4O3S2. The van der Waals surface area contributed by atoms with Crippen molar-refractivity contribution < 1.29 is 13.2 Å². The molecule has 1 aliphatic rings. The number of ether oxygens (including phenoxy) is 1. The van der Waals surface area contributed by atoms with Gasteiger partial charge in [0.25, 0.3) is 0 Å². The van der Waals surface area contributed by atoms with Gasteiger partial charge in [0.05, 0.1) is 30.4 Å². The number of imidazole rings is 1. The van der Waals surface area contributed by atoms with Crippen molar-refractivity contribution in [3.63, 3.8) is 0 Å². The Morgan fingerprint density at radius 2 is 2.11 bits per heavy atom. The number of rotatable bonds is 5. The number of thiazole rings is 1. The highest BCUT2D eigenvalue weighted by molar-refractivity contribution is 7.88. The van der Waals surface area contributed by atoms with Gasteiger partial charge in [-0.05, 0) is 12.5 Å². The van der Waals surface area contributed by atoms with Crippen LogP contribution in [0.25, 0.3) is 21.3 Å². The molecule has 3 heterocycles. The van der Waals surface area contributed by atoms with Gasteiger partial charge in [-0.15, -0.1) is 11.3 Å². The van der Waals surface area contributed by atoms with Gasteiger partial charge in [0.2, 0.25) is 10.0 Å². The molecule has 0 aliphatic carbocycles. The lowest BCUT2D eigenvalue weighted by atomic mass is 10.1. The van der Waals surface area contributed by atoms with Crippen molar-refractivity contribution >= 4 is 21.4 Å². The van der Waals surface area contributed by atoms with Gasteiger partial charge in [0.15, 0.2) is 5.82 Å². The molecule has 3 aromatic rings. The maximum absolute atomic E-state index is 11.8. The van der Waals surface area contributed by atoms with E-state index in [1.165, 1.54) is 16.1 Å².